The van der Waals surface area contributed by atoms with E-state index in [0.717, 1.165) is 52.8 Å². The number of nitrogens with zero attached hydrogens (tertiary/aromatic N) is 4. The van der Waals surface area contributed by atoms with Crippen molar-refractivity contribution in [3.63, 3.8) is 0 Å². The van der Waals surface area contributed by atoms with E-state index in [4.69, 9.17) is 0 Å². The van der Waals surface area contributed by atoms with E-state index >= 15 is 0 Å². The Hall–Kier alpha value is -3.57. The van der Waals surface area contributed by atoms with Crippen LogP contribution in [0, 0.1) is 0 Å². The zero-order valence-electron chi connectivity index (χ0n) is 20.2. The van der Waals surface area contributed by atoms with Crippen LogP contribution in [0.5, 0.6) is 0 Å². The summed E-state index contributed by atoms with van der Waals surface area (Å²) in [5, 5.41) is 4.32. The summed E-state index contributed by atoms with van der Waals surface area (Å²) in [6.07, 6.45) is 2.04. The van der Waals surface area contributed by atoms with Crippen molar-refractivity contribution in [2.24, 2.45) is 0 Å². The highest BCUT2D eigenvalue weighted by molar-refractivity contribution is 7.89. The van der Waals surface area contributed by atoms with Crippen molar-refractivity contribution in [3.8, 4) is 11.1 Å². The molecular weight excluding hydrogens is 515 g/mol. The molecule has 0 unspecified atom stereocenters. The second kappa shape index (κ2) is 9.32. The van der Waals surface area contributed by atoms with E-state index in [1.54, 1.807) is 6.20 Å². The molecule has 0 saturated heterocycles. The molecule has 196 valence electrons. The average Bonchev–Trinajstić information content (AvgIpc) is 3.83. The number of alkyl halides is 3. The van der Waals surface area contributed by atoms with Gasteiger partial charge in [0, 0.05) is 23.7 Å². The molecule has 1 N–H and O–H groups in total. The highest BCUT2D eigenvalue weighted by Crippen LogP contribution is 2.36. The van der Waals surface area contributed by atoms with Crippen molar-refractivity contribution in [1.82, 2.24) is 19.3 Å². The number of benzene rings is 2. The van der Waals surface area contributed by atoms with Gasteiger partial charge in [-0.25, -0.2) is 18.4 Å². The molecule has 2 saturated carbocycles. The van der Waals surface area contributed by atoms with Crippen LogP contribution in [0.3, 0.4) is 0 Å². The summed E-state index contributed by atoms with van der Waals surface area (Å²) in [7, 11) is -4.17. The van der Waals surface area contributed by atoms with Gasteiger partial charge < -0.3 is 5.32 Å². The molecule has 2 aromatic carbocycles. The lowest BCUT2D eigenvalue weighted by molar-refractivity contribution is -0.137. The third kappa shape index (κ3) is 5.08. The standard InChI is InChI=1S/C27H24F3N5O2S/c28-27(29,30)19-2-1-3-23(14-19)38(36,37)35(22-7-8-22)15-21-12-18(10-11-31-21)17-4-9-25-24(13-17)26(33-16-32-25)34-20-5-6-20/h1-4,9-14,16,20,22H,5-8,15H2,(H,32,33,34). The number of aromatic nitrogens is 3. The predicted molar refractivity (Wildman–Crippen MR) is 137 cm³/mol. The lowest BCUT2D eigenvalue weighted by Gasteiger charge is -2.22. The van der Waals surface area contributed by atoms with Gasteiger partial charge in [-0.1, -0.05) is 12.1 Å². The van der Waals surface area contributed by atoms with Gasteiger partial charge in [0.15, 0.2) is 0 Å². The Labute approximate surface area is 217 Å². The molecule has 4 aromatic rings. The molecule has 6 rings (SSSR count). The van der Waals surface area contributed by atoms with E-state index in [1.165, 1.54) is 16.7 Å². The molecule has 2 heterocycles. The lowest BCUT2D eigenvalue weighted by atomic mass is 10.0. The van der Waals surface area contributed by atoms with E-state index in [-0.39, 0.29) is 17.5 Å². The average molecular weight is 540 g/mol. The molecule has 0 bridgehead atoms. The normalized spacial score (nSPS) is 16.2. The van der Waals surface area contributed by atoms with Crippen molar-refractivity contribution < 1.29 is 21.6 Å². The van der Waals surface area contributed by atoms with Crippen molar-refractivity contribution >= 4 is 26.7 Å². The topological polar surface area (TPSA) is 88.1 Å². The first-order valence-corrected chi connectivity index (χ1v) is 13.8. The van der Waals surface area contributed by atoms with Gasteiger partial charge in [-0.15, -0.1) is 0 Å². The van der Waals surface area contributed by atoms with Crippen LogP contribution in [-0.2, 0) is 22.7 Å². The summed E-state index contributed by atoms with van der Waals surface area (Å²) in [4.78, 5) is 12.8. The third-order valence-electron chi connectivity index (χ3n) is 6.74. The Bertz CT molecular complexity index is 1620. The molecule has 2 aliphatic rings. The zero-order valence-corrected chi connectivity index (χ0v) is 21.0. The number of rotatable bonds is 8. The minimum Gasteiger partial charge on any atom is -0.367 e. The Balaban J connectivity index is 1.31. The van der Waals surface area contributed by atoms with Crippen LogP contribution in [-0.4, -0.2) is 39.8 Å². The quantitative estimate of drug-likeness (QED) is 0.312. The van der Waals surface area contributed by atoms with E-state index in [2.05, 4.69) is 20.3 Å². The van der Waals surface area contributed by atoms with Crippen molar-refractivity contribution in [1.29, 1.82) is 0 Å². The van der Waals surface area contributed by atoms with Crippen LogP contribution < -0.4 is 5.32 Å². The number of fused-ring (bicyclic) bond motifs is 1. The van der Waals surface area contributed by atoms with Crippen LogP contribution in [0.1, 0.15) is 36.9 Å². The summed E-state index contributed by atoms with van der Waals surface area (Å²) >= 11 is 0. The molecule has 0 aliphatic heterocycles. The molecule has 38 heavy (non-hydrogen) atoms. The van der Waals surface area contributed by atoms with Crippen molar-refractivity contribution in [2.75, 3.05) is 5.32 Å². The van der Waals surface area contributed by atoms with Crippen LogP contribution >= 0.6 is 0 Å². The second-order valence-corrected chi connectivity index (χ2v) is 11.6. The molecule has 11 heteroatoms. The summed E-state index contributed by atoms with van der Waals surface area (Å²) in [5.41, 5.74) is 2.06. The van der Waals surface area contributed by atoms with Gasteiger partial charge in [-0.2, -0.15) is 17.5 Å². The maximum Gasteiger partial charge on any atom is 0.416 e. The molecule has 2 fully saturated rings. The summed E-state index contributed by atoms with van der Waals surface area (Å²) in [6, 6.07) is 13.5. The Kier molecular flexibility index (Phi) is 6.07. The molecule has 0 amide bonds. The largest absolute Gasteiger partial charge is 0.416 e. The highest BCUT2D eigenvalue weighted by atomic mass is 32.2. The van der Waals surface area contributed by atoms with Gasteiger partial charge in [0.25, 0.3) is 0 Å². The number of hydrogen-bond donors (Lipinski definition) is 1. The van der Waals surface area contributed by atoms with Crippen LogP contribution in [0.2, 0.25) is 0 Å². The number of halogens is 3. The zero-order chi connectivity index (χ0) is 26.5. The molecule has 0 radical (unpaired) electrons. The van der Waals surface area contributed by atoms with Crippen LogP contribution in [0.15, 0.2) is 72.0 Å². The van der Waals surface area contributed by atoms with E-state index in [1.807, 2.05) is 30.3 Å². The third-order valence-corrected chi connectivity index (χ3v) is 8.64. The van der Waals surface area contributed by atoms with Crippen molar-refractivity contribution in [2.45, 2.75) is 55.4 Å². The maximum atomic E-state index is 13.4. The molecule has 2 aliphatic carbocycles. The van der Waals surface area contributed by atoms with E-state index in [0.29, 0.717) is 30.6 Å². The fraction of sp³-hybridized carbons (Fsp3) is 0.296. The highest BCUT2D eigenvalue weighted by Gasteiger charge is 2.39. The number of nitrogens with one attached hydrogen (secondary N) is 1. The Morgan fingerprint density at radius 1 is 0.921 bits per heavy atom. The van der Waals surface area contributed by atoms with Gasteiger partial charge >= 0.3 is 6.18 Å². The van der Waals surface area contributed by atoms with Crippen LogP contribution in [0.4, 0.5) is 19.0 Å². The molecule has 0 spiro atoms. The number of pyridine rings is 1. The van der Waals surface area contributed by atoms with Crippen molar-refractivity contribution in [3.05, 3.63) is 78.4 Å². The van der Waals surface area contributed by atoms with Gasteiger partial charge in [0.1, 0.15) is 12.1 Å². The number of anilines is 1. The second-order valence-electron chi connectivity index (χ2n) is 9.72. The molecular formula is C27H24F3N5O2S. The van der Waals surface area contributed by atoms with E-state index in [9.17, 15) is 21.6 Å². The predicted octanol–water partition coefficient (Wildman–Crippen LogP) is 5.64. The fourth-order valence-electron chi connectivity index (χ4n) is 4.42. The SMILES string of the molecule is O=S(=O)(c1cccc(C(F)(F)F)c1)N(Cc1cc(-c2ccc3ncnc(NC4CC4)c3c2)ccn1)C1CC1. The van der Waals surface area contributed by atoms with Gasteiger partial charge in [-0.05, 0) is 79.3 Å². The lowest BCUT2D eigenvalue weighted by Crippen LogP contribution is -2.33. The minimum absolute atomic E-state index is 0.0394. The minimum atomic E-state index is -4.63. The fourth-order valence-corrected chi connectivity index (χ4v) is 6.12. The summed E-state index contributed by atoms with van der Waals surface area (Å²) in [6.45, 7) is -0.0394. The Morgan fingerprint density at radius 3 is 2.45 bits per heavy atom. The monoisotopic (exact) mass is 539 g/mol. The molecule has 2 aromatic heterocycles. The van der Waals surface area contributed by atoms with E-state index < -0.39 is 21.8 Å². The van der Waals surface area contributed by atoms with Crippen LogP contribution in [0.25, 0.3) is 22.0 Å². The Morgan fingerprint density at radius 2 is 1.71 bits per heavy atom. The number of sulfonamides is 1. The van der Waals surface area contributed by atoms with Gasteiger partial charge in [0.05, 0.1) is 28.2 Å². The maximum absolute atomic E-state index is 13.4. The smallest absolute Gasteiger partial charge is 0.367 e. The summed E-state index contributed by atoms with van der Waals surface area (Å²) < 4.78 is 67.9. The number of hydrogen-bond acceptors (Lipinski definition) is 6. The first-order valence-electron chi connectivity index (χ1n) is 12.3. The molecule has 7 nitrogen and oxygen atoms in total. The van der Waals surface area contributed by atoms with Gasteiger partial charge in [-0.3, -0.25) is 4.98 Å². The first-order chi connectivity index (χ1) is 18.2. The molecule has 0 atom stereocenters. The first kappa shape index (κ1) is 24.7. The van der Waals surface area contributed by atoms with Gasteiger partial charge in [0.2, 0.25) is 10.0 Å². The summed E-state index contributed by atoms with van der Waals surface area (Å²) in [5.74, 6) is 0.778.